The van der Waals surface area contributed by atoms with Crippen LogP contribution in [0.2, 0.25) is 0 Å². The molecule has 2 aromatic rings. The molecule has 0 spiro atoms. The number of aryl methyl sites for hydroxylation is 1. The monoisotopic (exact) mass is 286 g/mol. The number of rotatable bonds is 4. The van der Waals surface area contributed by atoms with E-state index in [4.69, 9.17) is 4.74 Å². The smallest absolute Gasteiger partial charge is 0.220 e. The molecule has 2 atom stereocenters. The summed E-state index contributed by atoms with van der Waals surface area (Å²) >= 11 is 0. The fraction of sp³-hybridized carbons (Fsp3) is 0.471. The lowest BCUT2D eigenvalue weighted by Gasteiger charge is -2.27. The standard InChI is InChI=1S/C17H22N2O2/c1-12-10-14(8-9-21-12)19-17(20)7-6-13-11-18-16-5-3-2-4-15(13)16/h2-5,11-12,14,18H,6-10H2,1H3,(H,19,20). The van der Waals surface area contributed by atoms with Crippen molar-refractivity contribution in [2.24, 2.45) is 0 Å². The van der Waals surface area contributed by atoms with Gasteiger partial charge >= 0.3 is 0 Å². The third-order valence-corrected chi connectivity index (χ3v) is 4.15. The number of H-pyrrole nitrogens is 1. The number of hydrogen-bond donors (Lipinski definition) is 2. The summed E-state index contributed by atoms with van der Waals surface area (Å²) in [6, 6.07) is 8.47. The molecule has 2 unspecified atom stereocenters. The topological polar surface area (TPSA) is 54.1 Å². The largest absolute Gasteiger partial charge is 0.378 e. The Bertz CT molecular complexity index is 620. The summed E-state index contributed by atoms with van der Waals surface area (Å²) in [5, 5.41) is 4.34. The first-order chi connectivity index (χ1) is 10.2. The minimum absolute atomic E-state index is 0.138. The highest BCUT2D eigenvalue weighted by atomic mass is 16.5. The second-order valence-electron chi connectivity index (χ2n) is 5.83. The minimum atomic E-state index is 0.138. The van der Waals surface area contributed by atoms with Crippen molar-refractivity contribution in [2.45, 2.75) is 44.8 Å². The number of aromatic nitrogens is 1. The molecule has 2 heterocycles. The maximum atomic E-state index is 12.1. The molecule has 0 bridgehead atoms. The molecule has 1 saturated heterocycles. The number of amides is 1. The molecule has 1 aromatic heterocycles. The number of benzene rings is 1. The lowest BCUT2D eigenvalue weighted by Crippen LogP contribution is -2.41. The predicted octanol–water partition coefficient (Wildman–Crippen LogP) is 2.78. The van der Waals surface area contributed by atoms with Crippen molar-refractivity contribution in [3.05, 3.63) is 36.0 Å². The fourth-order valence-corrected chi connectivity index (χ4v) is 3.02. The maximum Gasteiger partial charge on any atom is 0.220 e. The first kappa shape index (κ1) is 14.1. The van der Waals surface area contributed by atoms with E-state index in [-0.39, 0.29) is 18.1 Å². The van der Waals surface area contributed by atoms with Crippen LogP contribution in [0.15, 0.2) is 30.5 Å². The van der Waals surface area contributed by atoms with E-state index in [1.165, 1.54) is 10.9 Å². The molecule has 1 aromatic carbocycles. The highest BCUT2D eigenvalue weighted by Crippen LogP contribution is 2.19. The molecule has 1 amide bonds. The molecule has 1 aliphatic rings. The van der Waals surface area contributed by atoms with E-state index < -0.39 is 0 Å². The van der Waals surface area contributed by atoms with E-state index in [0.29, 0.717) is 6.42 Å². The highest BCUT2D eigenvalue weighted by molar-refractivity contribution is 5.84. The quantitative estimate of drug-likeness (QED) is 0.908. The van der Waals surface area contributed by atoms with Crippen molar-refractivity contribution in [2.75, 3.05) is 6.61 Å². The Morgan fingerprint density at radius 3 is 3.14 bits per heavy atom. The van der Waals surface area contributed by atoms with Crippen LogP contribution in [0, 0.1) is 0 Å². The summed E-state index contributed by atoms with van der Waals surface area (Å²) in [6.45, 7) is 2.80. The molecule has 4 heteroatoms. The lowest BCUT2D eigenvalue weighted by atomic mass is 10.0. The molecule has 0 radical (unpaired) electrons. The first-order valence-corrected chi connectivity index (χ1v) is 7.68. The number of para-hydroxylation sites is 1. The van der Waals surface area contributed by atoms with E-state index in [9.17, 15) is 4.79 Å². The SMILES string of the molecule is CC1CC(NC(=O)CCc2c[nH]c3ccccc23)CCO1. The second kappa shape index (κ2) is 6.31. The van der Waals surface area contributed by atoms with Crippen LogP contribution < -0.4 is 5.32 Å². The number of aromatic amines is 1. The Labute approximate surface area is 124 Å². The summed E-state index contributed by atoms with van der Waals surface area (Å²) in [4.78, 5) is 15.3. The van der Waals surface area contributed by atoms with Gasteiger partial charge in [0.1, 0.15) is 0 Å². The van der Waals surface area contributed by atoms with Crippen LogP contribution in [0.4, 0.5) is 0 Å². The molecule has 1 fully saturated rings. The molecule has 1 aliphatic heterocycles. The predicted molar refractivity (Wildman–Crippen MR) is 83.2 cm³/mol. The van der Waals surface area contributed by atoms with E-state index in [1.807, 2.05) is 18.3 Å². The molecular weight excluding hydrogens is 264 g/mol. The van der Waals surface area contributed by atoms with Crippen LogP contribution in [-0.2, 0) is 16.0 Å². The zero-order valence-corrected chi connectivity index (χ0v) is 12.4. The van der Waals surface area contributed by atoms with Gasteiger partial charge in [0.05, 0.1) is 6.10 Å². The second-order valence-corrected chi connectivity index (χ2v) is 5.83. The Balaban J connectivity index is 1.54. The van der Waals surface area contributed by atoms with Gasteiger partial charge in [-0.2, -0.15) is 0 Å². The van der Waals surface area contributed by atoms with Gasteiger partial charge in [-0.15, -0.1) is 0 Å². The van der Waals surface area contributed by atoms with Gasteiger partial charge < -0.3 is 15.0 Å². The highest BCUT2D eigenvalue weighted by Gasteiger charge is 2.20. The van der Waals surface area contributed by atoms with Crippen molar-refractivity contribution in [3.63, 3.8) is 0 Å². The van der Waals surface area contributed by atoms with Crippen LogP contribution in [0.5, 0.6) is 0 Å². The van der Waals surface area contributed by atoms with Crippen LogP contribution in [-0.4, -0.2) is 29.6 Å². The normalized spacial score (nSPS) is 22.3. The third-order valence-electron chi connectivity index (χ3n) is 4.15. The zero-order chi connectivity index (χ0) is 14.7. The Morgan fingerprint density at radius 1 is 1.43 bits per heavy atom. The van der Waals surface area contributed by atoms with Crippen molar-refractivity contribution < 1.29 is 9.53 Å². The van der Waals surface area contributed by atoms with Crippen LogP contribution in [0.1, 0.15) is 31.7 Å². The van der Waals surface area contributed by atoms with Crippen LogP contribution in [0.3, 0.4) is 0 Å². The van der Waals surface area contributed by atoms with E-state index in [2.05, 4.69) is 29.4 Å². The number of nitrogens with one attached hydrogen (secondary N) is 2. The van der Waals surface area contributed by atoms with E-state index in [0.717, 1.165) is 31.4 Å². The number of carbonyl (C=O) groups is 1. The van der Waals surface area contributed by atoms with Crippen molar-refractivity contribution >= 4 is 16.8 Å². The number of hydrogen-bond acceptors (Lipinski definition) is 2. The van der Waals surface area contributed by atoms with E-state index >= 15 is 0 Å². The Kier molecular flexibility index (Phi) is 4.25. The summed E-state index contributed by atoms with van der Waals surface area (Å²) in [5.74, 6) is 0.138. The van der Waals surface area contributed by atoms with Crippen LogP contribution in [0.25, 0.3) is 10.9 Å². The zero-order valence-electron chi connectivity index (χ0n) is 12.4. The van der Waals surface area contributed by atoms with Gasteiger partial charge in [0.2, 0.25) is 5.91 Å². The average Bonchev–Trinajstić information content (AvgIpc) is 2.88. The van der Waals surface area contributed by atoms with Gasteiger partial charge in [-0.3, -0.25) is 4.79 Å². The number of ether oxygens (including phenoxy) is 1. The summed E-state index contributed by atoms with van der Waals surface area (Å²) in [7, 11) is 0. The molecular formula is C17H22N2O2. The molecule has 3 rings (SSSR count). The van der Waals surface area contributed by atoms with Gasteiger partial charge in [-0.05, 0) is 37.8 Å². The van der Waals surface area contributed by atoms with Crippen molar-refractivity contribution in [1.29, 1.82) is 0 Å². The number of fused-ring (bicyclic) bond motifs is 1. The minimum Gasteiger partial charge on any atom is -0.378 e. The van der Waals surface area contributed by atoms with Gasteiger partial charge in [-0.1, -0.05) is 18.2 Å². The molecule has 2 N–H and O–H groups in total. The summed E-state index contributed by atoms with van der Waals surface area (Å²) in [6.07, 6.45) is 5.40. The Hall–Kier alpha value is -1.81. The first-order valence-electron chi connectivity index (χ1n) is 7.68. The van der Waals surface area contributed by atoms with Crippen LogP contribution >= 0.6 is 0 Å². The van der Waals surface area contributed by atoms with Gasteiger partial charge in [0, 0.05) is 36.2 Å². The van der Waals surface area contributed by atoms with Gasteiger partial charge in [0.25, 0.3) is 0 Å². The summed E-state index contributed by atoms with van der Waals surface area (Å²) < 4.78 is 5.50. The van der Waals surface area contributed by atoms with Crippen molar-refractivity contribution in [3.8, 4) is 0 Å². The average molecular weight is 286 g/mol. The molecule has 112 valence electrons. The molecule has 21 heavy (non-hydrogen) atoms. The van der Waals surface area contributed by atoms with Gasteiger partial charge in [0.15, 0.2) is 0 Å². The van der Waals surface area contributed by atoms with Gasteiger partial charge in [-0.25, -0.2) is 0 Å². The van der Waals surface area contributed by atoms with E-state index in [1.54, 1.807) is 0 Å². The lowest BCUT2D eigenvalue weighted by molar-refractivity contribution is -0.122. The third kappa shape index (κ3) is 3.45. The summed E-state index contributed by atoms with van der Waals surface area (Å²) in [5.41, 5.74) is 2.34. The molecule has 0 saturated carbocycles. The number of carbonyl (C=O) groups excluding carboxylic acids is 1. The Morgan fingerprint density at radius 2 is 2.29 bits per heavy atom. The van der Waals surface area contributed by atoms with Crippen molar-refractivity contribution in [1.82, 2.24) is 10.3 Å². The molecule has 0 aliphatic carbocycles. The maximum absolute atomic E-state index is 12.1. The fourth-order valence-electron chi connectivity index (χ4n) is 3.02. The molecule has 4 nitrogen and oxygen atoms in total.